The standard InChI is InChI=1S/C17H15FN2O3S2/c18-14-7-9-15(10-8-14)25(21,22)12-4-11-24-17-20-19-16(23-17)13-5-2-1-3-6-13/h1-3,5-10H,4,11-12H2. The third-order valence-corrected chi connectivity index (χ3v) is 6.10. The number of halogens is 1. The fourth-order valence-electron chi connectivity index (χ4n) is 2.13. The molecule has 0 bridgehead atoms. The lowest BCUT2D eigenvalue weighted by atomic mass is 10.2. The normalized spacial score (nSPS) is 11.6. The molecular weight excluding hydrogens is 363 g/mol. The van der Waals surface area contributed by atoms with Crippen LogP contribution in [-0.2, 0) is 9.84 Å². The van der Waals surface area contributed by atoms with E-state index in [1.165, 1.54) is 23.9 Å². The second kappa shape index (κ2) is 7.79. The van der Waals surface area contributed by atoms with E-state index in [-0.39, 0.29) is 10.6 Å². The van der Waals surface area contributed by atoms with Crippen molar-refractivity contribution in [3.8, 4) is 11.5 Å². The van der Waals surface area contributed by atoms with Crippen LogP contribution in [0, 0.1) is 5.82 Å². The Hall–Kier alpha value is -2.19. The summed E-state index contributed by atoms with van der Waals surface area (Å²) in [6, 6.07) is 14.3. The van der Waals surface area contributed by atoms with Crippen molar-refractivity contribution in [2.75, 3.05) is 11.5 Å². The molecule has 8 heteroatoms. The minimum Gasteiger partial charge on any atom is -0.411 e. The predicted octanol–water partition coefficient (Wildman–Crippen LogP) is 3.83. The number of rotatable bonds is 7. The summed E-state index contributed by atoms with van der Waals surface area (Å²) in [5.41, 5.74) is 0.834. The molecule has 130 valence electrons. The van der Waals surface area contributed by atoms with Crippen molar-refractivity contribution in [3.05, 3.63) is 60.4 Å². The molecule has 0 saturated carbocycles. The van der Waals surface area contributed by atoms with Crippen LogP contribution in [0.1, 0.15) is 6.42 Å². The van der Waals surface area contributed by atoms with E-state index in [4.69, 9.17) is 4.42 Å². The van der Waals surface area contributed by atoms with Crippen molar-refractivity contribution < 1.29 is 17.2 Å². The lowest BCUT2D eigenvalue weighted by molar-refractivity contribution is 0.466. The maximum Gasteiger partial charge on any atom is 0.276 e. The van der Waals surface area contributed by atoms with Crippen molar-refractivity contribution in [1.82, 2.24) is 10.2 Å². The zero-order valence-electron chi connectivity index (χ0n) is 13.1. The van der Waals surface area contributed by atoms with Gasteiger partial charge in [-0.1, -0.05) is 30.0 Å². The molecule has 25 heavy (non-hydrogen) atoms. The third-order valence-electron chi connectivity index (χ3n) is 3.38. The molecule has 0 atom stereocenters. The highest BCUT2D eigenvalue weighted by molar-refractivity contribution is 7.99. The van der Waals surface area contributed by atoms with Crippen molar-refractivity contribution in [3.63, 3.8) is 0 Å². The summed E-state index contributed by atoms with van der Waals surface area (Å²) >= 11 is 1.31. The van der Waals surface area contributed by atoms with Gasteiger partial charge >= 0.3 is 0 Å². The molecule has 0 aliphatic heterocycles. The fraction of sp³-hybridized carbons (Fsp3) is 0.176. The highest BCUT2D eigenvalue weighted by atomic mass is 32.2. The molecule has 5 nitrogen and oxygen atoms in total. The van der Waals surface area contributed by atoms with E-state index in [1.807, 2.05) is 30.3 Å². The van der Waals surface area contributed by atoms with Crippen LogP contribution in [0.15, 0.2) is 69.1 Å². The van der Waals surface area contributed by atoms with Crippen LogP contribution < -0.4 is 0 Å². The molecule has 0 aliphatic rings. The summed E-state index contributed by atoms with van der Waals surface area (Å²) in [6.45, 7) is 0. The van der Waals surface area contributed by atoms with E-state index >= 15 is 0 Å². The summed E-state index contributed by atoms with van der Waals surface area (Å²) in [7, 11) is -3.42. The van der Waals surface area contributed by atoms with E-state index < -0.39 is 15.7 Å². The first-order valence-corrected chi connectivity index (χ1v) is 10.2. The average Bonchev–Trinajstić information content (AvgIpc) is 3.09. The molecule has 0 fully saturated rings. The Morgan fingerprint density at radius 3 is 2.44 bits per heavy atom. The van der Waals surface area contributed by atoms with E-state index in [9.17, 15) is 12.8 Å². The molecule has 1 heterocycles. The lowest BCUT2D eigenvalue weighted by Gasteiger charge is -2.03. The number of benzene rings is 2. The first-order valence-electron chi connectivity index (χ1n) is 7.55. The highest BCUT2D eigenvalue weighted by Crippen LogP contribution is 2.23. The molecule has 0 unspecified atom stereocenters. The second-order valence-corrected chi connectivity index (χ2v) is 8.37. The van der Waals surface area contributed by atoms with Gasteiger partial charge in [0, 0.05) is 11.3 Å². The van der Waals surface area contributed by atoms with Gasteiger partial charge in [-0.3, -0.25) is 0 Å². The molecule has 0 spiro atoms. The smallest absolute Gasteiger partial charge is 0.276 e. The molecule has 0 N–H and O–H groups in total. The molecule has 2 aromatic carbocycles. The molecular formula is C17H15FN2O3S2. The maximum absolute atomic E-state index is 12.9. The van der Waals surface area contributed by atoms with Crippen molar-refractivity contribution in [2.45, 2.75) is 16.5 Å². The first kappa shape index (κ1) is 17.6. The minimum absolute atomic E-state index is 0.0225. The summed E-state index contributed by atoms with van der Waals surface area (Å²) < 4.78 is 42.7. The summed E-state index contributed by atoms with van der Waals surface area (Å²) in [5.74, 6) is 0.476. The largest absolute Gasteiger partial charge is 0.411 e. The third kappa shape index (κ3) is 4.67. The van der Waals surface area contributed by atoms with Gasteiger partial charge in [-0.05, 0) is 42.8 Å². The zero-order chi connectivity index (χ0) is 17.7. The number of sulfone groups is 1. The van der Waals surface area contributed by atoms with E-state index in [0.717, 1.165) is 17.7 Å². The van der Waals surface area contributed by atoms with Gasteiger partial charge in [0.2, 0.25) is 5.89 Å². The minimum atomic E-state index is -3.42. The Bertz CT molecular complexity index is 926. The van der Waals surface area contributed by atoms with Crippen LogP contribution in [0.3, 0.4) is 0 Å². The summed E-state index contributed by atoms with van der Waals surface area (Å²) in [6.07, 6.45) is 0.424. The van der Waals surface area contributed by atoms with Gasteiger partial charge in [-0.2, -0.15) is 0 Å². The zero-order valence-corrected chi connectivity index (χ0v) is 14.8. The molecule has 3 rings (SSSR count). The van der Waals surface area contributed by atoms with E-state index in [2.05, 4.69) is 10.2 Å². The predicted molar refractivity (Wildman–Crippen MR) is 93.5 cm³/mol. The van der Waals surface area contributed by atoms with E-state index in [0.29, 0.717) is 23.3 Å². The first-order chi connectivity index (χ1) is 12.0. The highest BCUT2D eigenvalue weighted by Gasteiger charge is 2.15. The fourth-order valence-corrected chi connectivity index (χ4v) is 4.33. The lowest BCUT2D eigenvalue weighted by Crippen LogP contribution is -2.07. The van der Waals surface area contributed by atoms with E-state index in [1.54, 1.807) is 0 Å². The average molecular weight is 378 g/mol. The SMILES string of the molecule is O=S(=O)(CCCSc1nnc(-c2ccccc2)o1)c1ccc(F)cc1. The van der Waals surface area contributed by atoms with Crippen molar-refractivity contribution in [1.29, 1.82) is 0 Å². The van der Waals surface area contributed by atoms with Crippen LogP contribution in [0.25, 0.3) is 11.5 Å². The number of aromatic nitrogens is 2. The van der Waals surface area contributed by atoms with Crippen LogP contribution in [-0.4, -0.2) is 30.1 Å². The Morgan fingerprint density at radius 1 is 1.00 bits per heavy atom. The van der Waals surface area contributed by atoms with Crippen LogP contribution >= 0.6 is 11.8 Å². The quantitative estimate of drug-likeness (QED) is 0.353. The number of hydrogen-bond acceptors (Lipinski definition) is 6. The van der Waals surface area contributed by atoms with Gasteiger partial charge in [0.15, 0.2) is 9.84 Å². The topological polar surface area (TPSA) is 73.1 Å². The van der Waals surface area contributed by atoms with Crippen LogP contribution in [0.2, 0.25) is 0 Å². The summed E-state index contributed by atoms with van der Waals surface area (Å²) in [4.78, 5) is 0.128. The van der Waals surface area contributed by atoms with Crippen LogP contribution in [0.5, 0.6) is 0 Å². The van der Waals surface area contributed by atoms with Crippen LogP contribution in [0.4, 0.5) is 4.39 Å². The summed E-state index contributed by atoms with van der Waals surface area (Å²) in [5, 5.41) is 8.33. The molecule has 1 aromatic heterocycles. The van der Waals surface area contributed by atoms with Crippen molar-refractivity contribution >= 4 is 21.6 Å². The molecule has 0 aliphatic carbocycles. The second-order valence-electron chi connectivity index (χ2n) is 5.21. The number of nitrogens with zero attached hydrogens (tertiary/aromatic N) is 2. The van der Waals surface area contributed by atoms with Crippen molar-refractivity contribution in [2.24, 2.45) is 0 Å². The molecule has 0 radical (unpaired) electrons. The van der Waals surface area contributed by atoms with Gasteiger partial charge in [-0.15, -0.1) is 10.2 Å². The Morgan fingerprint density at radius 2 is 1.72 bits per heavy atom. The maximum atomic E-state index is 12.9. The Balaban J connectivity index is 1.52. The molecule has 0 amide bonds. The molecule has 0 saturated heterocycles. The van der Waals surface area contributed by atoms with Gasteiger partial charge in [0.25, 0.3) is 5.22 Å². The Kier molecular flexibility index (Phi) is 5.50. The van der Waals surface area contributed by atoms with Gasteiger partial charge in [0.05, 0.1) is 10.6 Å². The van der Waals surface area contributed by atoms with Gasteiger partial charge in [0.1, 0.15) is 5.82 Å². The number of hydrogen-bond donors (Lipinski definition) is 0. The molecule has 3 aromatic rings. The monoisotopic (exact) mass is 378 g/mol. The number of thioether (sulfide) groups is 1. The van der Waals surface area contributed by atoms with Gasteiger partial charge in [-0.25, -0.2) is 12.8 Å². The Labute approximate surface area is 149 Å². The van der Waals surface area contributed by atoms with Gasteiger partial charge < -0.3 is 4.42 Å².